The third-order valence-electron chi connectivity index (χ3n) is 11.2. The van der Waals surface area contributed by atoms with Crippen molar-refractivity contribution in [3.05, 3.63) is 113 Å². The van der Waals surface area contributed by atoms with Gasteiger partial charge in [0.05, 0.1) is 13.2 Å². The van der Waals surface area contributed by atoms with E-state index in [1.165, 1.54) is 16.0 Å². The maximum absolute atomic E-state index is 15.3. The first kappa shape index (κ1) is 38.7. The lowest BCUT2D eigenvalue weighted by molar-refractivity contribution is -0.214. The Morgan fingerprint density at radius 1 is 0.965 bits per heavy atom. The Balaban J connectivity index is 1.16. The number of aliphatic hydroxyl groups excluding tert-OH is 1. The van der Waals surface area contributed by atoms with Gasteiger partial charge in [0, 0.05) is 36.7 Å². The number of aliphatic hydroxyl groups is 1. The molecular weight excluding hydrogens is 751 g/mol. The number of likely N-dealkylation sites (tertiary alicyclic amines) is 1. The smallest absolute Gasteiger partial charge is 0.422 e. The first-order valence-electron chi connectivity index (χ1n) is 18.7. The van der Waals surface area contributed by atoms with Gasteiger partial charge >= 0.3 is 18.1 Å². The second-order valence-electron chi connectivity index (χ2n) is 14.7. The number of nitrogens with zero attached hydrogens (tertiary/aromatic N) is 2. The van der Waals surface area contributed by atoms with Crippen LogP contribution in [0.3, 0.4) is 0 Å². The van der Waals surface area contributed by atoms with E-state index >= 15 is 4.79 Å². The molecule has 5 fully saturated rings. The molecule has 1 aliphatic carbocycles. The number of nitrogens with one attached hydrogen (secondary N) is 1. The summed E-state index contributed by atoms with van der Waals surface area (Å²) < 4.78 is 62.0. The van der Waals surface area contributed by atoms with Gasteiger partial charge in [-0.05, 0) is 30.0 Å². The molecule has 8 rings (SSSR count). The Morgan fingerprint density at radius 3 is 2.35 bits per heavy atom. The fraction of sp³-hybridized carbons (Fsp3) is 0.415. The van der Waals surface area contributed by atoms with E-state index in [0.29, 0.717) is 35.1 Å². The Bertz CT molecular complexity index is 1990. The number of hydrogen-bond acceptors (Lipinski definition) is 11. The molecule has 0 spiro atoms. The van der Waals surface area contributed by atoms with Crippen molar-refractivity contribution in [1.82, 2.24) is 15.3 Å². The van der Waals surface area contributed by atoms with Gasteiger partial charge in [-0.15, -0.1) is 0 Å². The zero-order valence-electron chi connectivity index (χ0n) is 30.5. The maximum Gasteiger partial charge on any atom is 0.422 e. The number of rotatable bonds is 11. The zero-order valence-corrected chi connectivity index (χ0v) is 30.5. The van der Waals surface area contributed by atoms with E-state index in [-0.39, 0.29) is 32.7 Å². The monoisotopic (exact) mass is 791 g/mol. The lowest BCUT2D eigenvalue weighted by atomic mass is 9.62. The van der Waals surface area contributed by atoms with Crippen LogP contribution < -0.4 is 5.32 Å². The third-order valence-corrected chi connectivity index (χ3v) is 11.2. The van der Waals surface area contributed by atoms with E-state index in [9.17, 15) is 32.7 Å². The summed E-state index contributed by atoms with van der Waals surface area (Å²) in [6, 6.07) is 23.1. The van der Waals surface area contributed by atoms with E-state index in [1.807, 2.05) is 60.7 Å². The topological polar surface area (TPSA) is 153 Å². The minimum Gasteiger partial charge on any atom is -0.458 e. The number of halogens is 3. The number of fused-ring (bicyclic) bond motifs is 4. The lowest BCUT2D eigenvalue weighted by Gasteiger charge is -2.50. The average molecular weight is 792 g/mol. The highest BCUT2D eigenvalue weighted by Crippen LogP contribution is 2.60. The van der Waals surface area contributed by atoms with Crippen molar-refractivity contribution in [3.63, 3.8) is 0 Å². The third kappa shape index (κ3) is 7.09. The van der Waals surface area contributed by atoms with Gasteiger partial charge in [-0.2, -0.15) is 18.2 Å². The minimum absolute atomic E-state index is 0.0118. The van der Waals surface area contributed by atoms with E-state index < -0.39 is 84.2 Å². The normalized spacial score (nSPS) is 28.9. The molecule has 4 heterocycles. The minimum atomic E-state index is -4.67. The van der Waals surface area contributed by atoms with Crippen LogP contribution in [0, 0.1) is 5.41 Å². The molecule has 0 aromatic heterocycles. The number of esters is 2. The van der Waals surface area contributed by atoms with Crippen molar-refractivity contribution in [3.8, 4) is 0 Å². The van der Waals surface area contributed by atoms with Crippen LogP contribution in [0.15, 0.2) is 91.0 Å². The highest BCUT2D eigenvalue weighted by atomic mass is 19.4. The molecular formula is C41H40F3N3O10. The van der Waals surface area contributed by atoms with Crippen molar-refractivity contribution in [1.29, 1.82) is 0 Å². The number of alkyl halides is 3. The van der Waals surface area contributed by atoms with E-state index in [4.69, 9.17) is 19.0 Å². The Kier molecular flexibility index (Phi) is 10.4. The van der Waals surface area contributed by atoms with E-state index in [0.717, 1.165) is 6.08 Å². The summed E-state index contributed by atoms with van der Waals surface area (Å²) in [5.41, 5.74) is 0.772. The average Bonchev–Trinajstić information content (AvgIpc) is 3.95. The first-order chi connectivity index (χ1) is 27.4. The van der Waals surface area contributed by atoms with Gasteiger partial charge in [0.15, 0.2) is 12.6 Å². The van der Waals surface area contributed by atoms with Gasteiger partial charge in [-0.1, -0.05) is 84.9 Å². The predicted octanol–water partition coefficient (Wildman–Crippen LogP) is 3.39. The SMILES string of the molecule is O=C(C=Cc1cccc(CN2O[C@@H]3[C@H]4OC(c5ccccc5)(c5ccccc5)O[C@H]4[C@H]4C[C@]3(C(=O)N3CCC[C@@H]3C(=O)NCCO)[C@@H]2C(=O)O4)c1)OCC(F)(F)F. The van der Waals surface area contributed by atoms with Crippen molar-refractivity contribution >= 4 is 29.8 Å². The van der Waals surface area contributed by atoms with Crippen LogP contribution in [-0.4, -0.2) is 108 Å². The van der Waals surface area contributed by atoms with Gasteiger partial charge in [0.2, 0.25) is 17.6 Å². The number of hydroxylamine groups is 2. The first-order valence-corrected chi connectivity index (χ1v) is 18.7. The summed E-state index contributed by atoms with van der Waals surface area (Å²) >= 11 is 0. The largest absolute Gasteiger partial charge is 0.458 e. The molecule has 0 radical (unpaired) electrons. The molecule has 1 saturated carbocycles. The summed E-state index contributed by atoms with van der Waals surface area (Å²) in [6.45, 7) is -1.79. The summed E-state index contributed by atoms with van der Waals surface area (Å²) in [7, 11) is 0. The van der Waals surface area contributed by atoms with Crippen molar-refractivity contribution in [2.75, 3.05) is 26.3 Å². The predicted molar refractivity (Wildman–Crippen MR) is 192 cm³/mol. The number of carbonyl (C=O) groups excluding carboxylic acids is 4. The van der Waals surface area contributed by atoms with Crippen LogP contribution in [0.4, 0.5) is 13.2 Å². The fourth-order valence-electron chi connectivity index (χ4n) is 8.86. The number of carbonyl (C=O) groups is 4. The molecule has 2 bridgehead atoms. The molecule has 3 aromatic rings. The van der Waals surface area contributed by atoms with Crippen LogP contribution in [0.1, 0.15) is 41.5 Å². The van der Waals surface area contributed by atoms with Crippen LogP contribution in [0.2, 0.25) is 0 Å². The molecule has 0 unspecified atom stereocenters. The summed E-state index contributed by atoms with van der Waals surface area (Å²) in [5, 5.41) is 13.4. The second-order valence-corrected chi connectivity index (χ2v) is 14.7. The molecule has 3 aromatic carbocycles. The molecule has 4 saturated heterocycles. The highest BCUT2D eigenvalue weighted by Gasteiger charge is 2.77. The molecule has 2 amide bonds. The van der Waals surface area contributed by atoms with Crippen LogP contribution in [0.5, 0.6) is 0 Å². The van der Waals surface area contributed by atoms with Gasteiger partial charge in [0.1, 0.15) is 35.9 Å². The van der Waals surface area contributed by atoms with Crippen LogP contribution >= 0.6 is 0 Å². The van der Waals surface area contributed by atoms with Gasteiger partial charge < -0.3 is 34.3 Å². The molecule has 7 atom stereocenters. The number of benzene rings is 3. The number of hydrogen-bond donors (Lipinski definition) is 2. The van der Waals surface area contributed by atoms with Gasteiger partial charge in [0.25, 0.3) is 0 Å². The molecule has 13 nitrogen and oxygen atoms in total. The molecule has 57 heavy (non-hydrogen) atoms. The Labute approximate surface area is 325 Å². The van der Waals surface area contributed by atoms with Gasteiger partial charge in [-0.25, -0.2) is 4.79 Å². The standard InChI is InChI=1S/C41H40F3N3O10/c42-40(43,44)24-53-31(49)17-16-25-9-7-10-26(21-25)23-47-34-37(51)54-30-22-39(34,38(52)46-19-8-15-29(46)36(50)45-18-20-48)35(57-47)33-32(30)55-41(56-33,27-11-3-1-4-12-27)28-13-5-2-6-14-28/h1-7,9-14,16-17,21,29-30,32-35,48H,8,15,18-20,22-24H2,(H,45,50)/t29-,30-,32+,33+,34+,35-,39+/m1/s1. The summed E-state index contributed by atoms with van der Waals surface area (Å²) in [4.78, 5) is 63.2. The van der Waals surface area contributed by atoms with Gasteiger partial charge in [-0.3, -0.25) is 19.2 Å². The molecule has 5 aliphatic rings. The quantitative estimate of drug-likeness (QED) is 0.217. The summed E-state index contributed by atoms with van der Waals surface area (Å²) in [6.07, 6.45) is -5.39. The maximum atomic E-state index is 15.3. The van der Waals surface area contributed by atoms with E-state index in [1.54, 1.807) is 24.3 Å². The van der Waals surface area contributed by atoms with Crippen molar-refractivity contribution in [2.24, 2.45) is 5.41 Å². The molecule has 16 heteroatoms. The summed E-state index contributed by atoms with van der Waals surface area (Å²) in [5.74, 6) is -4.24. The Hall–Kier alpha value is -5.13. The zero-order chi connectivity index (χ0) is 40.0. The molecule has 300 valence electrons. The Morgan fingerprint density at radius 2 is 1.67 bits per heavy atom. The van der Waals surface area contributed by atoms with Crippen molar-refractivity contribution in [2.45, 2.75) is 74.3 Å². The molecule has 4 aliphatic heterocycles. The number of amides is 2. The van der Waals surface area contributed by atoms with Crippen molar-refractivity contribution < 1.29 is 61.2 Å². The highest BCUT2D eigenvalue weighted by molar-refractivity contribution is 5.96. The number of ether oxygens (including phenoxy) is 4. The lowest BCUT2D eigenvalue weighted by Crippen LogP contribution is -2.70. The molecule has 2 N–H and O–H groups in total. The van der Waals surface area contributed by atoms with Crippen LogP contribution in [-0.2, 0) is 55.3 Å². The fourth-order valence-corrected chi connectivity index (χ4v) is 8.86. The van der Waals surface area contributed by atoms with E-state index in [2.05, 4.69) is 10.1 Å². The van der Waals surface area contributed by atoms with Crippen LogP contribution in [0.25, 0.3) is 6.08 Å². The second kappa shape index (κ2) is 15.3.